The minimum Gasteiger partial charge on any atom is -0.477 e. The van der Waals surface area contributed by atoms with Crippen LogP contribution in [0.1, 0.15) is 168 Å². The molecule has 1 N–H and O–H groups in total. The van der Waals surface area contributed by atoms with Crippen molar-refractivity contribution < 1.29 is 38.2 Å². The van der Waals surface area contributed by atoms with Gasteiger partial charge in [0.15, 0.2) is 12.1 Å². The summed E-state index contributed by atoms with van der Waals surface area (Å²) in [5, 5.41) is 9.65. The van der Waals surface area contributed by atoms with E-state index in [1.165, 1.54) is 12.8 Å². The van der Waals surface area contributed by atoms with Crippen LogP contribution in [0.5, 0.6) is 0 Å². The van der Waals surface area contributed by atoms with Crippen molar-refractivity contribution >= 4 is 17.9 Å². The third-order valence-electron chi connectivity index (χ3n) is 10.2. The number of hydrogen-bond donors (Lipinski definition) is 1. The molecule has 0 saturated heterocycles. The van der Waals surface area contributed by atoms with Gasteiger partial charge in [0.1, 0.15) is 6.61 Å². The zero-order chi connectivity index (χ0) is 46.3. The number of carbonyl (C=O) groups excluding carboxylic acids is 2. The number of carboxylic acids is 1. The van der Waals surface area contributed by atoms with Gasteiger partial charge in [-0.3, -0.25) is 9.59 Å². The number of allylic oxidation sites excluding steroid dienone is 18. The largest absolute Gasteiger partial charge is 0.477 e. The van der Waals surface area contributed by atoms with Crippen LogP contribution in [-0.4, -0.2) is 80.6 Å². The SMILES string of the molecule is CC/C=C/C/C=C/C/C=C/C/C=C/C/C=C/CCCCCCC(=O)OC(COCCC(C(=O)O)[N+](C)(C)C)COC(=O)CCCCCCCC/C=C/C/C=C/C/C=C/C/C=C/CC. The fourth-order valence-corrected chi connectivity index (χ4v) is 6.46. The van der Waals surface area contributed by atoms with E-state index in [2.05, 4.69) is 123 Å². The molecule has 0 aromatic carbocycles. The molecule has 2 unspecified atom stereocenters. The predicted molar refractivity (Wildman–Crippen MR) is 266 cm³/mol. The number of ether oxygens (including phenoxy) is 3. The quantitative estimate of drug-likeness (QED) is 0.0282. The van der Waals surface area contributed by atoms with Crippen LogP contribution in [0.25, 0.3) is 0 Å². The number of aliphatic carboxylic acids is 1. The molecule has 0 fully saturated rings. The molecule has 0 aromatic rings. The average Bonchev–Trinajstić information content (AvgIpc) is 3.24. The molecule has 356 valence electrons. The molecule has 0 aliphatic carbocycles. The smallest absolute Gasteiger partial charge is 0.362 e. The first-order valence-electron chi connectivity index (χ1n) is 24.4. The Hall–Kier alpha value is -4.01. The summed E-state index contributed by atoms with van der Waals surface area (Å²) in [6, 6.07) is -0.629. The first kappa shape index (κ1) is 59.0. The van der Waals surface area contributed by atoms with Crippen LogP contribution in [0.2, 0.25) is 0 Å². The van der Waals surface area contributed by atoms with Gasteiger partial charge in [-0.15, -0.1) is 0 Å². The summed E-state index contributed by atoms with van der Waals surface area (Å²) in [6.45, 7) is 4.45. The molecule has 0 aliphatic rings. The molecule has 0 spiro atoms. The first-order chi connectivity index (χ1) is 30.6. The van der Waals surface area contributed by atoms with E-state index in [4.69, 9.17) is 14.2 Å². The first-order valence-corrected chi connectivity index (χ1v) is 24.4. The number of rotatable bonds is 42. The molecule has 8 heteroatoms. The van der Waals surface area contributed by atoms with Gasteiger partial charge in [-0.25, -0.2) is 4.79 Å². The Balaban J connectivity index is 4.39. The maximum Gasteiger partial charge on any atom is 0.362 e. The van der Waals surface area contributed by atoms with Gasteiger partial charge < -0.3 is 23.8 Å². The third-order valence-corrected chi connectivity index (χ3v) is 10.2. The number of quaternary nitrogens is 1. The van der Waals surface area contributed by atoms with Gasteiger partial charge in [0.2, 0.25) is 0 Å². The number of unbranched alkanes of at least 4 members (excludes halogenated alkanes) is 10. The Morgan fingerprint density at radius 3 is 1.24 bits per heavy atom. The highest BCUT2D eigenvalue weighted by molar-refractivity contribution is 5.72. The van der Waals surface area contributed by atoms with Crippen molar-refractivity contribution in [2.45, 2.75) is 180 Å². The van der Waals surface area contributed by atoms with Gasteiger partial charge in [0, 0.05) is 19.3 Å². The molecule has 0 aromatic heterocycles. The molecule has 0 saturated carbocycles. The summed E-state index contributed by atoms with van der Waals surface area (Å²) in [7, 11) is 5.51. The Bertz CT molecular complexity index is 1390. The van der Waals surface area contributed by atoms with Crippen LogP contribution in [-0.2, 0) is 28.6 Å². The monoisotopic (exact) mass is 877 g/mol. The molecule has 0 aliphatic heterocycles. The lowest BCUT2D eigenvalue weighted by Crippen LogP contribution is -2.50. The maximum atomic E-state index is 12.8. The highest BCUT2D eigenvalue weighted by atomic mass is 16.6. The molecular formula is C55H90NO7+. The summed E-state index contributed by atoms with van der Waals surface area (Å²) < 4.78 is 17.3. The van der Waals surface area contributed by atoms with Crippen molar-refractivity contribution in [1.82, 2.24) is 0 Å². The third kappa shape index (κ3) is 43.0. The molecule has 8 nitrogen and oxygen atoms in total. The van der Waals surface area contributed by atoms with Crippen LogP contribution < -0.4 is 0 Å². The Morgan fingerprint density at radius 2 is 0.841 bits per heavy atom. The second kappa shape index (κ2) is 44.6. The summed E-state index contributed by atoms with van der Waals surface area (Å²) in [4.78, 5) is 37.1. The highest BCUT2D eigenvalue weighted by Gasteiger charge is 2.31. The summed E-state index contributed by atoms with van der Waals surface area (Å²) in [5.41, 5.74) is 0. The molecule has 0 bridgehead atoms. The number of hydrogen-bond acceptors (Lipinski definition) is 6. The van der Waals surface area contributed by atoms with E-state index in [1.54, 1.807) is 0 Å². The lowest BCUT2D eigenvalue weighted by molar-refractivity contribution is -0.887. The van der Waals surface area contributed by atoms with E-state index < -0.39 is 18.1 Å². The molecule has 0 amide bonds. The molecule has 0 radical (unpaired) electrons. The fraction of sp³-hybridized carbons (Fsp3) is 0.618. The van der Waals surface area contributed by atoms with E-state index >= 15 is 0 Å². The van der Waals surface area contributed by atoms with Gasteiger partial charge in [-0.1, -0.05) is 162 Å². The minimum absolute atomic E-state index is 0.0384. The fourth-order valence-electron chi connectivity index (χ4n) is 6.46. The van der Waals surface area contributed by atoms with E-state index in [9.17, 15) is 19.5 Å². The normalized spacial score (nSPS) is 13.9. The van der Waals surface area contributed by atoms with E-state index in [0.29, 0.717) is 12.8 Å². The topological polar surface area (TPSA) is 99.1 Å². The van der Waals surface area contributed by atoms with Gasteiger partial charge in [0.05, 0.1) is 34.4 Å². The van der Waals surface area contributed by atoms with Crippen molar-refractivity contribution in [1.29, 1.82) is 0 Å². The molecule has 2 atom stereocenters. The Labute approximate surface area is 385 Å². The van der Waals surface area contributed by atoms with Gasteiger partial charge in [-0.05, 0) is 96.3 Å². The minimum atomic E-state index is -0.886. The zero-order valence-corrected chi connectivity index (χ0v) is 40.5. The molecule has 0 rings (SSSR count). The lowest BCUT2D eigenvalue weighted by atomic mass is 10.1. The van der Waals surface area contributed by atoms with E-state index in [-0.39, 0.29) is 42.7 Å². The van der Waals surface area contributed by atoms with E-state index in [0.717, 1.165) is 122 Å². The highest BCUT2D eigenvalue weighted by Crippen LogP contribution is 2.13. The van der Waals surface area contributed by atoms with Crippen molar-refractivity contribution in [3.8, 4) is 0 Å². The van der Waals surface area contributed by atoms with Crippen molar-refractivity contribution in [2.75, 3.05) is 41.0 Å². The van der Waals surface area contributed by atoms with Gasteiger partial charge in [-0.2, -0.15) is 0 Å². The van der Waals surface area contributed by atoms with Crippen LogP contribution in [0.4, 0.5) is 0 Å². The number of carboxylic acid groups (broad SMARTS) is 1. The summed E-state index contributed by atoms with van der Waals surface area (Å²) in [5.74, 6) is -1.53. The lowest BCUT2D eigenvalue weighted by Gasteiger charge is -2.31. The number of carbonyl (C=O) groups is 3. The molecule has 63 heavy (non-hydrogen) atoms. The standard InChI is InChI=1S/C55H89NO7/c1-6-8-10-12-14-16-18-20-22-24-26-28-30-32-34-36-38-40-42-44-46-54(58)63-51(49-61-48-47-52(55(59)60)56(3,4)5)50-62-53(57)45-43-41-39-37-35-33-31-29-27-25-23-21-19-17-15-13-11-9-7-2/h8-11,14-17,20-23,26-29,32,34,51-52H,6-7,12-13,18-19,24-25,30-31,33,35-50H2,1-5H3/p+1/b10-8+,11-9+,16-14+,17-15+,22-20+,23-21+,28-26+,29-27+,34-32+. The Kier molecular flexibility index (Phi) is 41.8. The van der Waals surface area contributed by atoms with Crippen LogP contribution in [0.3, 0.4) is 0 Å². The maximum absolute atomic E-state index is 12.8. The number of nitrogens with zero attached hydrogens (tertiary/aromatic N) is 1. The average molecular weight is 877 g/mol. The molecule has 0 heterocycles. The second-order valence-corrected chi connectivity index (χ2v) is 17.0. The zero-order valence-electron chi connectivity index (χ0n) is 40.5. The molecular weight excluding hydrogens is 787 g/mol. The van der Waals surface area contributed by atoms with Crippen molar-refractivity contribution in [3.05, 3.63) is 109 Å². The predicted octanol–water partition coefficient (Wildman–Crippen LogP) is 14.0. The number of likely N-dealkylation sites (N-methyl/N-ethyl adjacent to an activating group) is 1. The second-order valence-electron chi connectivity index (χ2n) is 17.0. The van der Waals surface area contributed by atoms with Crippen LogP contribution in [0, 0.1) is 0 Å². The summed E-state index contributed by atoms with van der Waals surface area (Å²) >= 11 is 0. The van der Waals surface area contributed by atoms with Crippen molar-refractivity contribution in [2.24, 2.45) is 0 Å². The van der Waals surface area contributed by atoms with Crippen LogP contribution >= 0.6 is 0 Å². The Morgan fingerprint density at radius 1 is 0.476 bits per heavy atom. The van der Waals surface area contributed by atoms with Crippen molar-refractivity contribution in [3.63, 3.8) is 0 Å². The van der Waals surface area contributed by atoms with Crippen LogP contribution in [0.15, 0.2) is 109 Å². The van der Waals surface area contributed by atoms with Gasteiger partial charge in [0.25, 0.3) is 0 Å². The number of esters is 2. The van der Waals surface area contributed by atoms with Gasteiger partial charge >= 0.3 is 17.9 Å². The van der Waals surface area contributed by atoms with E-state index in [1.807, 2.05) is 21.1 Å². The summed E-state index contributed by atoms with van der Waals surface area (Å²) in [6.07, 6.45) is 61.3.